The van der Waals surface area contributed by atoms with Gasteiger partial charge in [-0.25, -0.2) is 14.4 Å². The minimum Gasteiger partial charge on any atom is -0.508 e. The number of benzene rings is 2. The maximum Gasteiger partial charge on any atom is 0.344 e. The molecule has 0 aromatic heterocycles. The zero-order valence-corrected chi connectivity index (χ0v) is 21.8. The lowest BCUT2D eigenvalue weighted by atomic mass is 9.85. The van der Waals surface area contributed by atoms with Gasteiger partial charge in [0.2, 0.25) is 17.5 Å². The number of esters is 2. The molecule has 4 rings (SSSR count). The number of aromatic hydroxyl groups is 1. The molecule has 1 saturated carbocycles. The van der Waals surface area contributed by atoms with Crippen LogP contribution in [0.1, 0.15) is 28.8 Å². The number of aliphatic carboxylic acids is 1. The third-order valence-electron chi connectivity index (χ3n) is 7.26. The maximum absolute atomic E-state index is 12.7. The van der Waals surface area contributed by atoms with Crippen LogP contribution in [0.3, 0.4) is 0 Å². The van der Waals surface area contributed by atoms with E-state index in [0.29, 0.717) is 0 Å². The highest BCUT2D eigenvalue weighted by Gasteiger charge is 2.69. The molecule has 42 heavy (non-hydrogen) atoms. The Kier molecular flexibility index (Phi) is 9.03. The van der Waals surface area contributed by atoms with Gasteiger partial charge in [-0.3, -0.25) is 0 Å². The van der Waals surface area contributed by atoms with Gasteiger partial charge in [0.25, 0.3) is 0 Å². The molecule has 15 heteroatoms. The molecule has 8 N–H and O–H groups in total. The van der Waals surface area contributed by atoms with E-state index in [1.54, 1.807) is 18.2 Å². The molecule has 1 aliphatic heterocycles. The van der Waals surface area contributed by atoms with Gasteiger partial charge in [0.05, 0.1) is 11.7 Å². The Balaban J connectivity index is 1.47. The van der Waals surface area contributed by atoms with E-state index < -0.39 is 92.0 Å². The number of hydrogen-bond acceptors (Lipinski definition) is 14. The second kappa shape index (κ2) is 12.2. The molecule has 2 fully saturated rings. The van der Waals surface area contributed by atoms with Crippen LogP contribution in [-0.4, -0.2) is 113 Å². The molecule has 0 radical (unpaired) electrons. The van der Waals surface area contributed by atoms with Crippen LogP contribution in [0.25, 0.3) is 0 Å². The van der Waals surface area contributed by atoms with E-state index in [0.717, 1.165) is 12.1 Å². The number of hydrogen-bond donors (Lipinski definition) is 8. The number of carbonyl (C=O) groups is 3. The van der Waals surface area contributed by atoms with Gasteiger partial charge in [0.15, 0.2) is 0 Å². The second-order valence-corrected chi connectivity index (χ2v) is 9.95. The van der Waals surface area contributed by atoms with Crippen molar-refractivity contribution in [2.45, 2.75) is 67.5 Å². The number of carboxylic acid groups (broad SMARTS) is 1. The van der Waals surface area contributed by atoms with Crippen LogP contribution in [-0.2, 0) is 30.4 Å². The fourth-order valence-electron chi connectivity index (χ4n) is 4.73. The number of carbonyl (C=O) groups excluding carboxylic acids is 2. The maximum atomic E-state index is 12.7. The van der Waals surface area contributed by atoms with E-state index in [1.165, 1.54) is 18.2 Å². The van der Waals surface area contributed by atoms with Crippen molar-refractivity contribution in [1.82, 2.24) is 0 Å². The predicted molar refractivity (Wildman–Crippen MR) is 135 cm³/mol. The molecular formula is C27H30O15. The normalized spacial score (nSPS) is 32.6. The molecule has 1 saturated heterocycles. The molecule has 0 spiro atoms. The molecule has 2 aliphatic rings. The lowest BCUT2D eigenvalue weighted by Crippen LogP contribution is -2.65. The van der Waals surface area contributed by atoms with Crippen molar-refractivity contribution in [2.75, 3.05) is 6.61 Å². The average molecular weight is 595 g/mol. The predicted octanol–water partition coefficient (Wildman–Crippen LogP) is -1.82. The SMILES string of the molecule is O=C(OCC1OC(Oc2ccc(O)cc2COC(=O)C2(O)C(O)CCC2(O)C(=O)O)C(O)C(O)C1O)c1ccccc1. The van der Waals surface area contributed by atoms with Crippen LogP contribution in [0.2, 0.25) is 0 Å². The minimum atomic E-state index is -3.20. The van der Waals surface area contributed by atoms with Crippen molar-refractivity contribution in [1.29, 1.82) is 0 Å². The molecule has 0 amide bonds. The average Bonchev–Trinajstić information content (AvgIpc) is 3.22. The summed E-state index contributed by atoms with van der Waals surface area (Å²) in [6, 6.07) is 11.3. The molecule has 1 heterocycles. The smallest absolute Gasteiger partial charge is 0.344 e. The number of phenolic OH excluding ortho intramolecular Hbond substituents is 1. The highest BCUT2D eigenvalue weighted by Crippen LogP contribution is 2.41. The Labute approximate surface area is 237 Å². The molecule has 228 valence electrons. The monoisotopic (exact) mass is 594 g/mol. The van der Waals surface area contributed by atoms with E-state index in [9.17, 15) is 55.2 Å². The highest BCUT2D eigenvalue weighted by molar-refractivity contribution is 5.93. The summed E-state index contributed by atoms with van der Waals surface area (Å²) >= 11 is 0. The Morgan fingerprint density at radius 2 is 1.62 bits per heavy atom. The Hall–Kier alpha value is -3.83. The second-order valence-electron chi connectivity index (χ2n) is 9.95. The standard InChI is InChI=1S/C27H30O15/c28-15-6-7-16(14(10-15)11-40-25(36)27(38)18(29)8-9-26(27,37)24(34)35)41-23-21(32)20(31)19(30)17(42-23)12-39-22(33)13-4-2-1-3-5-13/h1-7,10,17-21,23,28-32,37-38H,8-9,11-12H2,(H,34,35). The first-order chi connectivity index (χ1) is 19.8. The highest BCUT2D eigenvalue weighted by atomic mass is 16.7. The summed E-state index contributed by atoms with van der Waals surface area (Å²) < 4.78 is 21.3. The third kappa shape index (κ3) is 5.76. The minimum absolute atomic E-state index is 0.109. The summed E-state index contributed by atoms with van der Waals surface area (Å²) in [7, 11) is 0. The Bertz CT molecular complexity index is 1300. The van der Waals surface area contributed by atoms with E-state index >= 15 is 0 Å². The van der Waals surface area contributed by atoms with Crippen molar-refractivity contribution in [2.24, 2.45) is 0 Å². The van der Waals surface area contributed by atoms with E-state index in [2.05, 4.69) is 0 Å². The number of carboxylic acids is 1. The van der Waals surface area contributed by atoms with Gasteiger partial charge in [0, 0.05) is 5.56 Å². The number of aliphatic hydroxyl groups excluding tert-OH is 4. The van der Waals surface area contributed by atoms with Crippen LogP contribution >= 0.6 is 0 Å². The van der Waals surface area contributed by atoms with Crippen LogP contribution in [0.4, 0.5) is 0 Å². The first-order valence-electron chi connectivity index (χ1n) is 12.7. The van der Waals surface area contributed by atoms with Gasteiger partial charge in [-0.2, -0.15) is 0 Å². The molecular weight excluding hydrogens is 564 g/mol. The summed E-state index contributed by atoms with van der Waals surface area (Å²) in [5.74, 6) is -4.90. The molecule has 1 aliphatic carbocycles. The summed E-state index contributed by atoms with van der Waals surface area (Å²) in [5, 5.41) is 81.7. The molecule has 15 nitrogen and oxygen atoms in total. The van der Waals surface area contributed by atoms with Crippen molar-refractivity contribution in [3.05, 3.63) is 59.7 Å². The Morgan fingerprint density at radius 3 is 2.29 bits per heavy atom. The largest absolute Gasteiger partial charge is 0.508 e. The zero-order valence-electron chi connectivity index (χ0n) is 21.8. The van der Waals surface area contributed by atoms with Crippen LogP contribution in [0, 0.1) is 0 Å². The fourth-order valence-corrected chi connectivity index (χ4v) is 4.73. The topological polar surface area (TPSA) is 250 Å². The van der Waals surface area contributed by atoms with Gasteiger partial charge in [-0.15, -0.1) is 0 Å². The molecule has 2 aromatic carbocycles. The summed E-state index contributed by atoms with van der Waals surface area (Å²) in [6.07, 6.45) is -11.4. The van der Waals surface area contributed by atoms with Gasteiger partial charge in [0.1, 0.15) is 49.1 Å². The number of phenols is 1. The quantitative estimate of drug-likeness (QED) is 0.149. The van der Waals surface area contributed by atoms with E-state index in [4.69, 9.17) is 18.9 Å². The first-order valence-corrected chi connectivity index (χ1v) is 12.7. The van der Waals surface area contributed by atoms with Gasteiger partial charge >= 0.3 is 17.9 Å². The number of ether oxygens (including phenoxy) is 4. The van der Waals surface area contributed by atoms with E-state index in [1.807, 2.05) is 0 Å². The summed E-state index contributed by atoms with van der Waals surface area (Å²) in [5.41, 5.74) is -6.13. The van der Waals surface area contributed by atoms with Crippen LogP contribution < -0.4 is 4.74 Å². The summed E-state index contributed by atoms with van der Waals surface area (Å²) in [4.78, 5) is 36.6. The van der Waals surface area contributed by atoms with Crippen LogP contribution in [0.5, 0.6) is 11.5 Å². The zero-order chi connectivity index (χ0) is 30.8. The van der Waals surface area contributed by atoms with Crippen molar-refractivity contribution in [3.8, 4) is 11.5 Å². The Morgan fingerprint density at radius 1 is 0.929 bits per heavy atom. The molecule has 0 bridgehead atoms. The molecule has 2 aromatic rings. The number of rotatable bonds is 9. The van der Waals surface area contributed by atoms with E-state index in [-0.39, 0.29) is 22.6 Å². The van der Waals surface area contributed by atoms with Crippen molar-refractivity contribution in [3.63, 3.8) is 0 Å². The lowest BCUT2D eigenvalue weighted by molar-refractivity contribution is -0.277. The fraction of sp³-hybridized carbons (Fsp3) is 0.444. The van der Waals surface area contributed by atoms with Crippen molar-refractivity contribution >= 4 is 17.9 Å². The molecule has 8 atom stereocenters. The number of aliphatic hydroxyl groups is 6. The van der Waals surface area contributed by atoms with Gasteiger partial charge in [-0.1, -0.05) is 18.2 Å². The summed E-state index contributed by atoms with van der Waals surface area (Å²) in [6.45, 7) is -1.33. The third-order valence-corrected chi connectivity index (χ3v) is 7.26. The molecule has 8 unspecified atom stereocenters. The van der Waals surface area contributed by atoms with Crippen molar-refractivity contribution < 1.29 is 74.2 Å². The van der Waals surface area contributed by atoms with Gasteiger partial charge < -0.3 is 59.8 Å². The lowest BCUT2D eigenvalue weighted by Gasteiger charge is -2.40. The van der Waals surface area contributed by atoms with Gasteiger partial charge in [-0.05, 0) is 43.2 Å². The van der Waals surface area contributed by atoms with Crippen LogP contribution in [0.15, 0.2) is 48.5 Å². The first kappa shape index (κ1) is 31.1.